The van der Waals surface area contributed by atoms with Crippen LogP contribution < -0.4 is 0 Å². The lowest BCUT2D eigenvalue weighted by atomic mass is 10.1. The van der Waals surface area contributed by atoms with Crippen LogP contribution in [0.15, 0.2) is 35.0 Å². The molecule has 0 bridgehead atoms. The first-order valence-electron chi connectivity index (χ1n) is 6.04. The molecule has 1 aromatic heterocycles. The van der Waals surface area contributed by atoms with Crippen molar-refractivity contribution in [3.8, 4) is 11.1 Å². The van der Waals surface area contributed by atoms with Crippen LogP contribution in [0.4, 0.5) is 22.0 Å². The molecule has 0 radical (unpaired) electrons. The summed E-state index contributed by atoms with van der Waals surface area (Å²) >= 11 is 2.78. The predicted octanol–water partition coefficient (Wildman–Crippen LogP) is 5.19. The molecule has 0 aliphatic heterocycles. The van der Waals surface area contributed by atoms with Crippen LogP contribution in [0, 0.1) is 11.6 Å². The van der Waals surface area contributed by atoms with E-state index in [0.29, 0.717) is 5.57 Å². The van der Waals surface area contributed by atoms with Gasteiger partial charge in [-0.15, -0.1) is 0 Å². The third kappa shape index (κ3) is 3.21. The molecule has 0 spiro atoms. The van der Waals surface area contributed by atoms with E-state index in [0.717, 1.165) is 23.0 Å². The fourth-order valence-electron chi connectivity index (χ4n) is 1.92. The Hall–Kier alpha value is -1.70. The van der Waals surface area contributed by atoms with Gasteiger partial charge in [0, 0.05) is 17.3 Å². The molecule has 2 aromatic rings. The predicted molar refractivity (Wildman–Crippen MR) is 75.1 cm³/mol. The zero-order valence-electron chi connectivity index (χ0n) is 11.3. The maximum absolute atomic E-state index is 14.0. The molecule has 0 aliphatic carbocycles. The molecular weight excluding hydrogens is 371 g/mol. The third-order valence-electron chi connectivity index (χ3n) is 2.79. The smallest absolute Gasteiger partial charge is 0.267 e. The molecule has 0 unspecified atom stereocenters. The highest BCUT2D eigenvalue weighted by Gasteiger charge is 2.38. The second kappa shape index (κ2) is 5.83. The average molecular weight is 381 g/mol. The van der Waals surface area contributed by atoms with E-state index in [1.54, 1.807) is 6.92 Å². The molecule has 22 heavy (non-hydrogen) atoms. The van der Waals surface area contributed by atoms with Crippen LogP contribution in [0.2, 0.25) is 0 Å². The van der Waals surface area contributed by atoms with Gasteiger partial charge in [0.25, 0.3) is 0 Å². The molecular formula is C14H10BrF5N2. The lowest BCUT2D eigenvalue weighted by Gasteiger charge is -2.08. The van der Waals surface area contributed by atoms with Gasteiger partial charge in [0.05, 0.1) is 11.0 Å². The summed E-state index contributed by atoms with van der Waals surface area (Å²) in [5, 5.41) is 3.42. The SMILES string of the molecule is C=C(C)Cn1cc(-c2ccc(Br)c(F)c2F)c(C(F)(F)F)n1. The Kier molecular flexibility index (Phi) is 4.42. The fraction of sp³-hybridized carbons (Fsp3) is 0.214. The minimum atomic E-state index is -4.79. The van der Waals surface area contributed by atoms with Gasteiger partial charge in [-0.3, -0.25) is 4.68 Å². The van der Waals surface area contributed by atoms with E-state index in [1.807, 2.05) is 0 Å². The van der Waals surface area contributed by atoms with Crippen molar-refractivity contribution in [2.24, 2.45) is 0 Å². The Labute approximate surface area is 131 Å². The highest BCUT2D eigenvalue weighted by Crippen LogP contribution is 2.38. The van der Waals surface area contributed by atoms with E-state index in [9.17, 15) is 22.0 Å². The standard InChI is InChI=1S/C14H10BrF5N2/c1-7(2)5-22-6-9(13(21-22)14(18,19)20)8-3-4-10(15)12(17)11(8)16/h3-4,6H,1,5H2,2H3. The highest BCUT2D eigenvalue weighted by molar-refractivity contribution is 9.10. The van der Waals surface area contributed by atoms with Gasteiger partial charge in [-0.05, 0) is 35.0 Å². The molecule has 1 heterocycles. The molecule has 2 rings (SSSR count). The van der Waals surface area contributed by atoms with E-state index in [-0.39, 0.29) is 11.0 Å². The Bertz CT molecular complexity index is 734. The summed E-state index contributed by atoms with van der Waals surface area (Å²) < 4.78 is 67.6. The first kappa shape index (κ1) is 16.7. The summed E-state index contributed by atoms with van der Waals surface area (Å²) in [4.78, 5) is 0. The molecule has 0 aliphatic rings. The van der Waals surface area contributed by atoms with Gasteiger partial charge in [0.15, 0.2) is 17.3 Å². The number of alkyl halides is 3. The molecule has 0 amide bonds. The van der Waals surface area contributed by atoms with Crippen molar-refractivity contribution < 1.29 is 22.0 Å². The van der Waals surface area contributed by atoms with Gasteiger partial charge < -0.3 is 0 Å². The zero-order valence-corrected chi connectivity index (χ0v) is 12.9. The Morgan fingerprint density at radius 2 is 1.86 bits per heavy atom. The van der Waals surface area contributed by atoms with Crippen LogP contribution >= 0.6 is 15.9 Å². The largest absolute Gasteiger partial charge is 0.435 e. The zero-order chi connectivity index (χ0) is 16.7. The van der Waals surface area contributed by atoms with Crippen LogP contribution in [0.1, 0.15) is 12.6 Å². The van der Waals surface area contributed by atoms with Gasteiger partial charge >= 0.3 is 6.18 Å². The Morgan fingerprint density at radius 3 is 2.41 bits per heavy atom. The molecule has 0 atom stereocenters. The van der Waals surface area contributed by atoms with Crippen molar-refractivity contribution in [3.63, 3.8) is 0 Å². The van der Waals surface area contributed by atoms with Crippen LogP contribution in [0.3, 0.4) is 0 Å². The number of aromatic nitrogens is 2. The normalized spacial score (nSPS) is 11.8. The lowest BCUT2D eigenvalue weighted by molar-refractivity contribution is -0.141. The number of hydrogen-bond donors (Lipinski definition) is 0. The second-order valence-corrected chi connectivity index (χ2v) is 5.62. The Balaban J connectivity index is 2.66. The maximum Gasteiger partial charge on any atom is 0.435 e. The highest BCUT2D eigenvalue weighted by atomic mass is 79.9. The van der Waals surface area contributed by atoms with Crippen LogP contribution in [0.25, 0.3) is 11.1 Å². The fourth-order valence-corrected chi connectivity index (χ4v) is 2.23. The Morgan fingerprint density at radius 1 is 1.23 bits per heavy atom. The van der Waals surface area contributed by atoms with Crippen molar-refractivity contribution >= 4 is 15.9 Å². The average Bonchev–Trinajstić information content (AvgIpc) is 2.79. The molecule has 0 saturated carbocycles. The first-order valence-corrected chi connectivity index (χ1v) is 6.83. The van der Waals surface area contributed by atoms with Crippen LogP contribution in [-0.4, -0.2) is 9.78 Å². The van der Waals surface area contributed by atoms with Crippen molar-refractivity contribution in [2.75, 3.05) is 0 Å². The maximum atomic E-state index is 14.0. The summed E-state index contributed by atoms with van der Waals surface area (Å²) in [6, 6.07) is 2.21. The van der Waals surface area contributed by atoms with Crippen molar-refractivity contribution in [1.82, 2.24) is 9.78 Å². The van der Waals surface area contributed by atoms with Crippen molar-refractivity contribution in [3.05, 3.63) is 52.3 Å². The summed E-state index contributed by atoms with van der Waals surface area (Å²) in [5.74, 6) is -2.62. The summed E-state index contributed by atoms with van der Waals surface area (Å²) in [6.07, 6.45) is -3.76. The van der Waals surface area contributed by atoms with Crippen molar-refractivity contribution in [1.29, 1.82) is 0 Å². The number of nitrogens with zero attached hydrogens (tertiary/aromatic N) is 2. The number of rotatable bonds is 3. The molecule has 1 aromatic carbocycles. The molecule has 8 heteroatoms. The monoisotopic (exact) mass is 380 g/mol. The summed E-state index contributed by atoms with van der Waals surface area (Å²) in [7, 11) is 0. The van der Waals surface area contributed by atoms with Crippen molar-refractivity contribution in [2.45, 2.75) is 19.6 Å². The first-order chi connectivity index (χ1) is 10.1. The summed E-state index contributed by atoms with van der Waals surface area (Å²) in [5.41, 5.74) is -1.71. The van der Waals surface area contributed by atoms with Gasteiger partial charge in [0.1, 0.15) is 0 Å². The second-order valence-electron chi connectivity index (χ2n) is 4.77. The van der Waals surface area contributed by atoms with E-state index in [4.69, 9.17) is 0 Å². The number of benzene rings is 1. The van der Waals surface area contributed by atoms with E-state index in [2.05, 4.69) is 27.6 Å². The van der Waals surface area contributed by atoms with Crippen LogP contribution in [-0.2, 0) is 12.7 Å². The molecule has 118 valence electrons. The minimum absolute atomic E-state index is 0.0453. The number of allylic oxidation sites excluding steroid dienone is 1. The van der Waals surface area contributed by atoms with Gasteiger partial charge in [-0.25, -0.2) is 8.78 Å². The topological polar surface area (TPSA) is 17.8 Å². The van der Waals surface area contributed by atoms with Gasteiger partial charge in [-0.1, -0.05) is 12.2 Å². The molecule has 0 saturated heterocycles. The quantitative estimate of drug-likeness (QED) is 0.407. The van der Waals surface area contributed by atoms with Crippen LogP contribution in [0.5, 0.6) is 0 Å². The minimum Gasteiger partial charge on any atom is -0.267 e. The third-order valence-corrected chi connectivity index (χ3v) is 3.40. The molecule has 0 fully saturated rings. The van der Waals surface area contributed by atoms with E-state index >= 15 is 0 Å². The number of hydrogen-bond acceptors (Lipinski definition) is 1. The lowest BCUT2D eigenvalue weighted by Crippen LogP contribution is -2.09. The van der Waals surface area contributed by atoms with E-state index < -0.39 is 34.6 Å². The molecule has 0 N–H and O–H groups in total. The van der Waals surface area contributed by atoms with E-state index in [1.165, 1.54) is 0 Å². The summed E-state index contributed by atoms with van der Waals surface area (Å²) in [6.45, 7) is 5.25. The van der Waals surface area contributed by atoms with Gasteiger partial charge in [0.2, 0.25) is 0 Å². The van der Waals surface area contributed by atoms with Gasteiger partial charge in [-0.2, -0.15) is 18.3 Å². The number of halogens is 6. The molecule has 2 nitrogen and oxygen atoms in total.